The summed E-state index contributed by atoms with van der Waals surface area (Å²) in [6.07, 6.45) is -2.55. The number of piperidine rings is 1. The van der Waals surface area contributed by atoms with Gasteiger partial charge in [-0.1, -0.05) is 53.7 Å². The van der Waals surface area contributed by atoms with Gasteiger partial charge in [0.05, 0.1) is 10.6 Å². The number of benzene rings is 2. The molecule has 0 aliphatic carbocycles. The molecule has 0 saturated carbocycles. The van der Waals surface area contributed by atoms with Gasteiger partial charge in [-0.2, -0.15) is 18.2 Å². The average molecular weight is 733 g/mol. The number of nitrogens with zero attached hydrogens (tertiary/aromatic N) is 7. The highest BCUT2D eigenvalue weighted by Gasteiger charge is 2.38. The molecule has 17 heteroatoms. The number of aromatic nitrogens is 6. The topological polar surface area (TPSA) is 158 Å². The van der Waals surface area contributed by atoms with E-state index in [4.69, 9.17) is 9.26 Å². The average Bonchev–Trinajstić information content (AvgIpc) is 3.75. The van der Waals surface area contributed by atoms with E-state index in [-0.39, 0.29) is 64.0 Å². The summed E-state index contributed by atoms with van der Waals surface area (Å²) in [5.74, 6) is 0.161. The predicted octanol–water partition coefficient (Wildman–Crippen LogP) is 6.71. The Morgan fingerprint density at radius 2 is 1.73 bits per heavy atom. The van der Waals surface area contributed by atoms with Crippen LogP contribution in [0.2, 0.25) is 0 Å². The maximum absolute atomic E-state index is 14.6. The van der Waals surface area contributed by atoms with Gasteiger partial charge in [0.25, 0.3) is 10.0 Å². The van der Waals surface area contributed by atoms with Gasteiger partial charge in [0.1, 0.15) is 17.9 Å². The van der Waals surface area contributed by atoms with Crippen molar-refractivity contribution < 1.29 is 35.6 Å². The summed E-state index contributed by atoms with van der Waals surface area (Å²) in [4.78, 5) is 31.4. The van der Waals surface area contributed by atoms with Crippen molar-refractivity contribution in [3.8, 4) is 22.8 Å². The fourth-order valence-corrected chi connectivity index (χ4v) is 7.35. The van der Waals surface area contributed by atoms with Gasteiger partial charge in [0.2, 0.25) is 17.7 Å². The molecule has 2 aromatic carbocycles. The molecule has 0 unspecified atom stereocenters. The number of rotatable bonds is 8. The van der Waals surface area contributed by atoms with Crippen molar-refractivity contribution in [3.05, 3.63) is 102 Å². The number of pyridine rings is 1. The van der Waals surface area contributed by atoms with Crippen molar-refractivity contribution >= 4 is 33.1 Å². The van der Waals surface area contributed by atoms with Crippen LogP contribution < -0.4 is 5.32 Å². The number of amides is 1. The minimum Gasteiger partial charge on any atom is -0.445 e. The van der Waals surface area contributed by atoms with Crippen LogP contribution in [-0.4, -0.2) is 67.1 Å². The number of nitrogens with one attached hydrogen (secondary N) is 1. The Morgan fingerprint density at radius 3 is 2.42 bits per heavy atom. The fraction of sp³-hybridized carbons (Fsp3) is 0.257. The molecule has 0 bridgehead atoms. The molecular formula is C35H31F3N8O5S. The zero-order valence-corrected chi connectivity index (χ0v) is 28.6. The maximum atomic E-state index is 14.6. The van der Waals surface area contributed by atoms with Crippen molar-refractivity contribution in [3.63, 3.8) is 0 Å². The number of halogens is 3. The summed E-state index contributed by atoms with van der Waals surface area (Å²) in [6, 6.07) is 19.0. The lowest BCUT2D eigenvalue weighted by Gasteiger charge is -2.37. The molecule has 1 aliphatic heterocycles. The molecule has 1 saturated heterocycles. The van der Waals surface area contributed by atoms with Gasteiger partial charge < -0.3 is 19.5 Å². The molecule has 1 fully saturated rings. The number of anilines is 1. The van der Waals surface area contributed by atoms with Gasteiger partial charge in [0.15, 0.2) is 5.65 Å². The lowest BCUT2D eigenvalue weighted by molar-refractivity contribution is -0.137. The van der Waals surface area contributed by atoms with Crippen molar-refractivity contribution in [2.45, 2.75) is 56.5 Å². The predicted molar refractivity (Wildman–Crippen MR) is 182 cm³/mol. The first-order valence-electron chi connectivity index (χ1n) is 16.2. The third-order valence-electron chi connectivity index (χ3n) is 8.68. The number of alkyl halides is 3. The molecule has 268 valence electrons. The van der Waals surface area contributed by atoms with Crippen LogP contribution in [0.4, 0.5) is 23.9 Å². The Hall–Kier alpha value is -5.84. The van der Waals surface area contributed by atoms with E-state index < -0.39 is 39.6 Å². The second kappa shape index (κ2) is 13.7. The molecule has 13 nitrogen and oxygen atoms in total. The molecule has 5 heterocycles. The highest BCUT2D eigenvalue weighted by Crippen LogP contribution is 2.40. The first-order valence-corrected chi connectivity index (χ1v) is 17.6. The third-order valence-corrected chi connectivity index (χ3v) is 10.3. The molecule has 1 amide bonds. The van der Waals surface area contributed by atoms with E-state index in [0.717, 1.165) is 15.7 Å². The summed E-state index contributed by atoms with van der Waals surface area (Å²) in [6.45, 7) is 3.74. The molecule has 0 spiro atoms. The smallest absolute Gasteiger partial charge is 0.419 e. The molecule has 0 radical (unpaired) electrons. The van der Waals surface area contributed by atoms with Crippen LogP contribution in [0.1, 0.15) is 36.8 Å². The Bertz CT molecular complexity index is 2350. The van der Waals surface area contributed by atoms with Crippen LogP contribution in [0.25, 0.3) is 33.8 Å². The molecule has 1 N–H and O–H groups in total. The number of hydrogen-bond acceptors (Lipinski definition) is 11. The monoisotopic (exact) mass is 732 g/mol. The lowest BCUT2D eigenvalue weighted by Crippen LogP contribution is -2.50. The quantitative estimate of drug-likeness (QED) is 0.177. The fourth-order valence-electron chi connectivity index (χ4n) is 6.01. The van der Waals surface area contributed by atoms with E-state index in [2.05, 4.69) is 30.4 Å². The van der Waals surface area contributed by atoms with Gasteiger partial charge in [-0.15, -0.1) is 0 Å². The zero-order valence-electron chi connectivity index (χ0n) is 27.8. The summed E-state index contributed by atoms with van der Waals surface area (Å²) in [5, 5.41) is 7.00. The van der Waals surface area contributed by atoms with Crippen LogP contribution in [0.3, 0.4) is 0 Å². The minimum atomic E-state index is -4.91. The lowest BCUT2D eigenvalue weighted by atomic mass is 10.00. The highest BCUT2D eigenvalue weighted by molar-refractivity contribution is 7.90. The number of carbonyl (C=O) groups excluding carboxylic acids is 1. The summed E-state index contributed by atoms with van der Waals surface area (Å²) in [7, 11) is -4.37. The molecule has 2 atom stereocenters. The molecule has 1 aliphatic rings. The largest absolute Gasteiger partial charge is 0.445 e. The molecular weight excluding hydrogens is 701 g/mol. The number of carbonyl (C=O) groups is 1. The molecule has 52 heavy (non-hydrogen) atoms. The number of hydrogen-bond donors (Lipinski definition) is 1. The summed E-state index contributed by atoms with van der Waals surface area (Å²) in [5.41, 5.74) is -1.11. The van der Waals surface area contributed by atoms with Crippen LogP contribution in [0.15, 0.2) is 94.6 Å². The number of fused-ring (bicyclic) bond motifs is 1. The first kappa shape index (κ1) is 34.6. The number of likely N-dealkylation sites (tertiary alicyclic amines) is 1. The highest BCUT2D eigenvalue weighted by atomic mass is 32.2. The standard InChI is InChI=1S/C35H31F3N8O5S/c1-21-13-14-24(18-45(21)34(47)50-20-23-9-5-3-6-10-23)41-33-39-17-28(35(36,37)38)30(43-33)27-19-46(52(48,49)25-11-7-4-8-12-25)32-26(27)15-16-29(42-32)31-40-22(2)51-44-31/h3-12,15-17,19,21,24H,13-14,18,20H2,1-2H3,(H,39,41,43)/t21-,24-/m1/s1. The second-order valence-electron chi connectivity index (χ2n) is 12.3. The van der Waals surface area contributed by atoms with Crippen molar-refractivity contribution in [1.29, 1.82) is 0 Å². The Labute approximate surface area is 295 Å². The van der Waals surface area contributed by atoms with Gasteiger partial charge in [-0.05, 0) is 49.6 Å². The second-order valence-corrected chi connectivity index (χ2v) is 14.1. The van der Waals surface area contributed by atoms with Crippen LogP contribution in [0, 0.1) is 6.92 Å². The van der Waals surface area contributed by atoms with E-state index in [9.17, 15) is 26.4 Å². The van der Waals surface area contributed by atoms with E-state index >= 15 is 0 Å². The zero-order chi connectivity index (χ0) is 36.6. The van der Waals surface area contributed by atoms with Crippen molar-refractivity contribution in [2.75, 3.05) is 11.9 Å². The van der Waals surface area contributed by atoms with Gasteiger partial charge in [0, 0.05) is 48.9 Å². The molecule has 6 aromatic rings. The van der Waals surface area contributed by atoms with Crippen LogP contribution in [0.5, 0.6) is 0 Å². The molecule has 7 rings (SSSR count). The van der Waals surface area contributed by atoms with E-state index in [1.807, 2.05) is 37.3 Å². The van der Waals surface area contributed by atoms with E-state index in [1.54, 1.807) is 17.9 Å². The first-order chi connectivity index (χ1) is 24.9. The number of ether oxygens (including phenoxy) is 1. The van der Waals surface area contributed by atoms with Crippen LogP contribution in [-0.2, 0) is 27.5 Å². The maximum Gasteiger partial charge on any atom is 0.419 e. The van der Waals surface area contributed by atoms with Gasteiger partial charge >= 0.3 is 12.3 Å². The van der Waals surface area contributed by atoms with Gasteiger partial charge in [-0.25, -0.2) is 32.1 Å². The third kappa shape index (κ3) is 6.90. The Kier molecular flexibility index (Phi) is 9.12. The summed E-state index contributed by atoms with van der Waals surface area (Å²) >= 11 is 0. The molecule has 4 aromatic heterocycles. The number of aryl methyl sites for hydroxylation is 1. The van der Waals surface area contributed by atoms with Crippen molar-refractivity contribution in [1.82, 2.24) is 34.0 Å². The van der Waals surface area contributed by atoms with Crippen molar-refractivity contribution in [2.24, 2.45) is 0 Å². The van der Waals surface area contributed by atoms with E-state index in [0.29, 0.717) is 19.0 Å². The minimum absolute atomic E-state index is 0.0649. The Morgan fingerprint density at radius 1 is 1.00 bits per heavy atom. The Balaban J connectivity index is 1.26. The normalized spacial score (nSPS) is 16.6. The SMILES string of the molecule is Cc1nc(-c2ccc3c(-c4nc(N[C@@H]5CC[C@@H](C)N(C(=O)OCc6ccccc6)C5)ncc4C(F)(F)F)cn(S(=O)(=O)c4ccccc4)c3n2)no1. The van der Waals surface area contributed by atoms with E-state index in [1.165, 1.54) is 36.4 Å². The van der Waals surface area contributed by atoms with Gasteiger partial charge in [-0.3, -0.25) is 0 Å². The van der Waals surface area contributed by atoms with Crippen LogP contribution >= 0.6 is 0 Å². The summed E-state index contributed by atoms with van der Waals surface area (Å²) < 4.78 is 83.0.